The Bertz CT molecular complexity index is 1050. The van der Waals surface area contributed by atoms with Gasteiger partial charge >= 0.3 is 0 Å². The van der Waals surface area contributed by atoms with Gasteiger partial charge in [0, 0.05) is 37.2 Å². The Kier molecular flexibility index (Phi) is 3.57. The van der Waals surface area contributed by atoms with Gasteiger partial charge in [-0.2, -0.15) is 0 Å². The van der Waals surface area contributed by atoms with E-state index in [9.17, 15) is 4.79 Å². The van der Waals surface area contributed by atoms with Crippen LogP contribution in [0.15, 0.2) is 18.7 Å². The number of rotatable bonds is 3. The molecule has 5 rings (SSSR count). The quantitative estimate of drug-likeness (QED) is 0.718. The summed E-state index contributed by atoms with van der Waals surface area (Å²) in [6.45, 7) is 1.75. The predicted molar refractivity (Wildman–Crippen MR) is 99.4 cm³/mol. The van der Waals surface area contributed by atoms with E-state index >= 15 is 0 Å². The number of carbonyl (C=O) groups is 1. The first-order valence-corrected chi connectivity index (χ1v) is 9.06. The molecule has 0 radical (unpaired) electrons. The second-order valence-electron chi connectivity index (χ2n) is 7.28. The maximum absolute atomic E-state index is 13.0. The van der Waals surface area contributed by atoms with Crippen LogP contribution < -0.4 is 11.1 Å². The maximum atomic E-state index is 13.0. The number of aromatic nitrogens is 5. The number of hydrogen-bond acceptors (Lipinski definition) is 7. The van der Waals surface area contributed by atoms with Gasteiger partial charge in [0.2, 0.25) is 0 Å². The Morgan fingerprint density at radius 2 is 2.22 bits per heavy atom. The van der Waals surface area contributed by atoms with Crippen molar-refractivity contribution < 1.29 is 4.79 Å². The van der Waals surface area contributed by atoms with Gasteiger partial charge in [-0.25, -0.2) is 19.5 Å². The van der Waals surface area contributed by atoms with Gasteiger partial charge in [0.25, 0.3) is 5.91 Å². The molecule has 0 unspecified atom stereocenters. The van der Waals surface area contributed by atoms with Crippen molar-refractivity contribution in [2.24, 2.45) is 0 Å². The number of fused-ring (bicyclic) bond motifs is 2. The lowest BCUT2D eigenvalue weighted by atomic mass is 10.1. The molecule has 1 aliphatic carbocycles. The molecule has 3 aromatic rings. The van der Waals surface area contributed by atoms with Crippen molar-refractivity contribution in [3.05, 3.63) is 41.2 Å². The van der Waals surface area contributed by atoms with Crippen LogP contribution in [-0.4, -0.2) is 49.0 Å². The molecule has 27 heavy (non-hydrogen) atoms. The molecule has 9 nitrogen and oxygen atoms in total. The van der Waals surface area contributed by atoms with Gasteiger partial charge in [0.15, 0.2) is 11.5 Å². The number of hydrogen-bond donors (Lipinski definition) is 2. The molecule has 1 fully saturated rings. The summed E-state index contributed by atoms with van der Waals surface area (Å²) in [5.41, 5.74) is 10.5. The molecule has 0 atom stereocenters. The minimum absolute atomic E-state index is 0.167. The average molecular weight is 364 g/mol. The number of amides is 1. The summed E-state index contributed by atoms with van der Waals surface area (Å²) in [4.78, 5) is 28.3. The first kappa shape index (κ1) is 16.1. The van der Waals surface area contributed by atoms with Crippen LogP contribution in [0.1, 0.15) is 46.1 Å². The number of nitrogens with zero attached hydrogens (tertiary/aromatic N) is 6. The van der Waals surface area contributed by atoms with Crippen molar-refractivity contribution in [3.63, 3.8) is 0 Å². The molecular formula is C18H20N8O. The van der Waals surface area contributed by atoms with Gasteiger partial charge in [0.05, 0.1) is 23.3 Å². The Labute approximate surface area is 155 Å². The Balaban J connectivity index is 1.53. The summed E-state index contributed by atoms with van der Waals surface area (Å²) < 4.78 is 1.60. The smallest absolute Gasteiger partial charge is 0.263 e. The Morgan fingerprint density at radius 3 is 3.04 bits per heavy atom. The van der Waals surface area contributed by atoms with Crippen LogP contribution in [-0.2, 0) is 13.0 Å². The molecule has 1 aliphatic heterocycles. The highest BCUT2D eigenvalue weighted by Gasteiger charge is 2.29. The third kappa shape index (κ3) is 2.80. The van der Waals surface area contributed by atoms with Crippen molar-refractivity contribution >= 4 is 23.1 Å². The molecule has 0 bridgehead atoms. The molecule has 4 heterocycles. The lowest BCUT2D eigenvalue weighted by Gasteiger charge is -2.23. The summed E-state index contributed by atoms with van der Waals surface area (Å²) in [6.07, 6.45) is 8.07. The minimum Gasteiger partial charge on any atom is -0.381 e. The van der Waals surface area contributed by atoms with Crippen molar-refractivity contribution in [1.29, 1.82) is 0 Å². The van der Waals surface area contributed by atoms with E-state index in [0.717, 1.165) is 49.3 Å². The fraction of sp³-hybridized carbons (Fsp3) is 0.389. The van der Waals surface area contributed by atoms with E-state index in [4.69, 9.17) is 10.7 Å². The molecule has 3 aromatic heterocycles. The molecular weight excluding hydrogens is 344 g/mol. The van der Waals surface area contributed by atoms with Crippen LogP contribution in [0.4, 0.5) is 11.5 Å². The van der Waals surface area contributed by atoms with E-state index in [1.807, 2.05) is 6.20 Å². The summed E-state index contributed by atoms with van der Waals surface area (Å²) in [7, 11) is 2.07. The first-order valence-electron chi connectivity index (χ1n) is 9.06. The first-order chi connectivity index (χ1) is 13.1. The molecule has 0 saturated heterocycles. The number of anilines is 2. The number of nitrogens with one attached hydrogen (secondary N) is 1. The van der Waals surface area contributed by atoms with Gasteiger partial charge in [-0.1, -0.05) is 0 Å². The zero-order valence-electron chi connectivity index (χ0n) is 15.0. The molecule has 0 aromatic carbocycles. The lowest BCUT2D eigenvalue weighted by molar-refractivity contribution is 0.102. The molecule has 3 N–H and O–H groups in total. The monoisotopic (exact) mass is 364 g/mol. The highest BCUT2D eigenvalue weighted by atomic mass is 16.1. The summed E-state index contributed by atoms with van der Waals surface area (Å²) in [6, 6.07) is 0. The van der Waals surface area contributed by atoms with Crippen LogP contribution in [0.25, 0.3) is 5.65 Å². The standard InChI is InChI=1S/C18H20N8O/c1-25-5-4-12-11(7-25)8-26-17(22-12)14(16(19)24-26)18(27)23-13-6-20-9-21-15(13)10-2-3-10/h6,8-10H,2-5,7H2,1H3,(H2,19,24)(H,23,27). The van der Waals surface area contributed by atoms with Gasteiger partial charge < -0.3 is 16.0 Å². The van der Waals surface area contributed by atoms with Crippen molar-refractivity contribution in [2.75, 3.05) is 24.6 Å². The molecule has 0 spiro atoms. The zero-order chi connectivity index (χ0) is 18.5. The minimum atomic E-state index is -0.334. The highest BCUT2D eigenvalue weighted by Crippen LogP contribution is 2.42. The molecule has 138 valence electrons. The van der Waals surface area contributed by atoms with E-state index in [1.54, 1.807) is 10.7 Å². The summed E-state index contributed by atoms with van der Waals surface area (Å²) in [5.74, 6) is 0.229. The van der Waals surface area contributed by atoms with E-state index < -0.39 is 0 Å². The van der Waals surface area contributed by atoms with Crippen LogP contribution in [0, 0.1) is 0 Å². The predicted octanol–water partition coefficient (Wildman–Crippen LogP) is 1.22. The number of likely N-dealkylation sites (N-methyl/N-ethyl adjacent to an activating group) is 1. The second-order valence-corrected chi connectivity index (χ2v) is 7.28. The van der Waals surface area contributed by atoms with Crippen LogP contribution in [0.2, 0.25) is 0 Å². The molecule has 9 heteroatoms. The summed E-state index contributed by atoms with van der Waals surface area (Å²) in [5, 5.41) is 7.21. The largest absolute Gasteiger partial charge is 0.381 e. The van der Waals surface area contributed by atoms with Crippen molar-refractivity contribution in [2.45, 2.75) is 31.7 Å². The van der Waals surface area contributed by atoms with E-state index in [0.29, 0.717) is 22.8 Å². The van der Waals surface area contributed by atoms with Crippen molar-refractivity contribution in [1.82, 2.24) is 29.5 Å². The van der Waals surface area contributed by atoms with Crippen LogP contribution in [0.3, 0.4) is 0 Å². The van der Waals surface area contributed by atoms with Gasteiger partial charge in [-0.15, -0.1) is 5.10 Å². The Morgan fingerprint density at radius 1 is 1.37 bits per heavy atom. The van der Waals surface area contributed by atoms with Gasteiger partial charge in [-0.3, -0.25) is 4.79 Å². The molecule has 1 saturated carbocycles. The highest BCUT2D eigenvalue weighted by molar-refractivity contribution is 6.11. The topological polar surface area (TPSA) is 114 Å². The van der Waals surface area contributed by atoms with Crippen LogP contribution >= 0.6 is 0 Å². The third-order valence-corrected chi connectivity index (χ3v) is 5.15. The van der Waals surface area contributed by atoms with Gasteiger partial charge in [-0.05, 0) is 19.9 Å². The maximum Gasteiger partial charge on any atom is 0.263 e. The van der Waals surface area contributed by atoms with Crippen molar-refractivity contribution in [3.8, 4) is 0 Å². The van der Waals surface area contributed by atoms with E-state index in [1.165, 1.54) is 6.33 Å². The fourth-order valence-corrected chi connectivity index (χ4v) is 3.60. The SMILES string of the molecule is CN1CCc2nc3c(C(=O)Nc4cncnc4C4CC4)c(N)nn3cc2C1. The lowest BCUT2D eigenvalue weighted by Crippen LogP contribution is -2.28. The normalized spacial score (nSPS) is 17.1. The zero-order valence-corrected chi connectivity index (χ0v) is 15.0. The Hall–Kier alpha value is -3.07. The number of carbonyl (C=O) groups excluding carboxylic acids is 1. The third-order valence-electron chi connectivity index (χ3n) is 5.15. The second kappa shape index (κ2) is 5.98. The number of nitrogens with two attached hydrogens (primary N) is 1. The van der Waals surface area contributed by atoms with Gasteiger partial charge in [0.1, 0.15) is 11.9 Å². The van der Waals surface area contributed by atoms with E-state index in [2.05, 4.69) is 32.3 Å². The average Bonchev–Trinajstić information content (AvgIpc) is 3.43. The fourth-order valence-electron chi connectivity index (χ4n) is 3.60. The van der Waals surface area contributed by atoms with E-state index in [-0.39, 0.29) is 11.7 Å². The number of nitrogen functional groups attached to an aromatic ring is 1. The molecule has 1 amide bonds. The molecule has 2 aliphatic rings. The summed E-state index contributed by atoms with van der Waals surface area (Å²) >= 11 is 0. The van der Waals surface area contributed by atoms with Crippen LogP contribution in [0.5, 0.6) is 0 Å².